The number of carbonyl (C=O) groups excluding carboxylic acids is 2. The van der Waals surface area contributed by atoms with Gasteiger partial charge in [0.2, 0.25) is 15.9 Å². The van der Waals surface area contributed by atoms with Crippen molar-refractivity contribution in [2.24, 2.45) is 5.92 Å². The minimum atomic E-state index is -3.70. The molecule has 1 fully saturated rings. The van der Waals surface area contributed by atoms with Crippen LogP contribution in [0, 0.1) is 12.8 Å². The van der Waals surface area contributed by atoms with Gasteiger partial charge in [0, 0.05) is 50.0 Å². The van der Waals surface area contributed by atoms with E-state index in [2.05, 4.69) is 5.32 Å². The summed E-state index contributed by atoms with van der Waals surface area (Å²) in [5.41, 5.74) is 3.17. The van der Waals surface area contributed by atoms with Crippen molar-refractivity contribution in [3.63, 3.8) is 0 Å². The SMILES string of the molecule is CC(=O)c1cccc(S(=O)(=O)N2CCC(C(=O)Nc3ccc(N(C)C)cc3C)CC2)c1. The number of ketones is 1. The Hall–Kier alpha value is -2.71. The van der Waals surface area contributed by atoms with E-state index in [-0.39, 0.29) is 35.6 Å². The molecule has 1 amide bonds. The third kappa shape index (κ3) is 5.14. The molecule has 1 saturated heterocycles. The zero-order valence-electron chi connectivity index (χ0n) is 18.4. The third-order valence-corrected chi connectivity index (χ3v) is 7.58. The van der Waals surface area contributed by atoms with Gasteiger partial charge >= 0.3 is 0 Å². The van der Waals surface area contributed by atoms with Crippen LogP contribution in [0.4, 0.5) is 11.4 Å². The van der Waals surface area contributed by atoms with Gasteiger partial charge in [-0.1, -0.05) is 12.1 Å². The van der Waals surface area contributed by atoms with Crippen LogP contribution in [-0.2, 0) is 14.8 Å². The molecule has 0 atom stereocenters. The lowest BCUT2D eigenvalue weighted by molar-refractivity contribution is -0.120. The predicted molar refractivity (Wildman–Crippen MR) is 122 cm³/mol. The zero-order chi connectivity index (χ0) is 22.8. The lowest BCUT2D eigenvalue weighted by Crippen LogP contribution is -2.41. The van der Waals surface area contributed by atoms with Crippen LogP contribution in [0.5, 0.6) is 0 Å². The quantitative estimate of drug-likeness (QED) is 0.692. The maximum absolute atomic E-state index is 13.0. The van der Waals surface area contributed by atoms with Crippen LogP contribution in [0.15, 0.2) is 47.4 Å². The first-order chi connectivity index (χ1) is 14.6. The third-order valence-electron chi connectivity index (χ3n) is 5.69. The highest BCUT2D eigenvalue weighted by atomic mass is 32.2. The first-order valence-corrected chi connectivity index (χ1v) is 11.7. The van der Waals surface area contributed by atoms with Gasteiger partial charge in [-0.2, -0.15) is 4.31 Å². The number of rotatable bonds is 6. The Morgan fingerprint density at radius 3 is 2.32 bits per heavy atom. The van der Waals surface area contributed by atoms with E-state index in [0.717, 1.165) is 16.9 Å². The van der Waals surface area contributed by atoms with Crippen molar-refractivity contribution in [2.75, 3.05) is 37.4 Å². The Labute approximate surface area is 184 Å². The van der Waals surface area contributed by atoms with Gasteiger partial charge in [-0.25, -0.2) is 8.42 Å². The van der Waals surface area contributed by atoms with Crippen LogP contribution in [-0.4, -0.2) is 51.6 Å². The van der Waals surface area contributed by atoms with Gasteiger partial charge in [0.05, 0.1) is 4.90 Å². The van der Waals surface area contributed by atoms with Crippen molar-refractivity contribution < 1.29 is 18.0 Å². The van der Waals surface area contributed by atoms with Crippen molar-refractivity contribution in [1.82, 2.24) is 4.31 Å². The molecular formula is C23H29N3O4S. The standard InChI is InChI=1S/C23H29N3O4S/c1-16-14-20(25(3)4)8-9-22(16)24-23(28)18-10-12-26(13-11-18)31(29,30)21-7-5-6-19(15-21)17(2)27/h5-9,14-15,18H,10-13H2,1-4H3,(H,24,28). The fraction of sp³-hybridized carbons (Fsp3) is 0.391. The molecule has 8 heteroatoms. The Balaban J connectivity index is 1.64. The molecule has 1 N–H and O–H groups in total. The number of hydrogen-bond acceptors (Lipinski definition) is 5. The molecule has 0 aliphatic carbocycles. The second-order valence-corrected chi connectivity index (χ2v) is 10.1. The normalized spacial score (nSPS) is 15.5. The van der Waals surface area contributed by atoms with E-state index >= 15 is 0 Å². The summed E-state index contributed by atoms with van der Waals surface area (Å²) in [5, 5.41) is 2.99. The van der Waals surface area contributed by atoms with Gasteiger partial charge in [0.1, 0.15) is 0 Å². The fourth-order valence-electron chi connectivity index (χ4n) is 3.68. The number of amides is 1. The molecule has 166 valence electrons. The van der Waals surface area contributed by atoms with E-state index < -0.39 is 10.0 Å². The number of piperidine rings is 1. The Morgan fingerprint density at radius 2 is 1.74 bits per heavy atom. The van der Waals surface area contributed by atoms with E-state index in [1.165, 1.54) is 23.4 Å². The minimum absolute atomic E-state index is 0.0867. The van der Waals surface area contributed by atoms with Gasteiger partial charge in [0.15, 0.2) is 5.78 Å². The van der Waals surface area contributed by atoms with Gasteiger partial charge in [-0.15, -0.1) is 0 Å². The predicted octanol–water partition coefficient (Wildman–Crippen LogP) is 3.30. The summed E-state index contributed by atoms with van der Waals surface area (Å²) < 4.78 is 27.3. The molecule has 0 unspecified atom stereocenters. The second-order valence-electron chi connectivity index (χ2n) is 8.15. The van der Waals surface area contributed by atoms with E-state index in [1.807, 2.05) is 44.1 Å². The molecule has 0 spiro atoms. The summed E-state index contributed by atoms with van der Waals surface area (Å²) in [4.78, 5) is 26.5. The minimum Gasteiger partial charge on any atom is -0.378 e. The number of nitrogens with zero attached hydrogens (tertiary/aromatic N) is 2. The zero-order valence-corrected chi connectivity index (χ0v) is 19.2. The van der Waals surface area contributed by atoms with Crippen molar-refractivity contribution in [3.8, 4) is 0 Å². The maximum atomic E-state index is 13.0. The summed E-state index contributed by atoms with van der Waals surface area (Å²) in [6.45, 7) is 3.89. The first-order valence-electron chi connectivity index (χ1n) is 10.3. The topological polar surface area (TPSA) is 86.8 Å². The van der Waals surface area contributed by atoms with Gasteiger partial charge in [-0.3, -0.25) is 9.59 Å². The summed E-state index contributed by atoms with van der Waals surface area (Å²) in [5.74, 6) is -0.513. The molecule has 2 aromatic carbocycles. The molecule has 0 saturated carbocycles. The molecule has 0 aromatic heterocycles. The lowest BCUT2D eigenvalue weighted by Gasteiger charge is -2.30. The number of carbonyl (C=O) groups is 2. The monoisotopic (exact) mass is 443 g/mol. The number of sulfonamides is 1. The number of nitrogens with one attached hydrogen (secondary N) is 1. The average Bonchev–Trinajstić information content (AvgIpc) is 2.75. The molecule has 2 aromatic rings. The number of hydrogen-bond donors (Lipinski definition) is 1. The smallest absolute Gasteiger partial charge is 0.243 e. The van der Waals surface area contributed by atoms with Crippen LogP contribution in [0.3, 0.4) is 0 Å². The number of anilines is 2. The molecule has 1 aliphatic heterocycles. The van der Waals surface area contributed by atoms with E-state index in [1.54, 1.807) is 12.1 Å². The molecule has 7 nitrogen and oxygen atoms in total. The summed E-state index contributed by atoms with van der Waals surface area (Å²) >= 11 is 0. The van der Waals surface area contributed by atoms with Gasteiger partial charge in [-0.05, 0) is 62.6 Å². The lowest BCUT2D eigenvalue weighted by atomic mass is 9.97. The van der Waals surface area contributed by atoms with Crippen molar-refractivity contribution >= 4 is 33.1 Å². The fourth-order valence-corrected chi connectivity index (χ4v) is 5.20. The number of Topliss-reactive ketones (excluding diaryl/α,β-unsaturated/α-hetero) is 1. The number of aryl methyl sites for hydroxylation is 1. The molecule has 0 radical (unpaired) electrons. The molecule has 1 heterocycles. The average molecular weight is 444 g/mol. The molecule has 31 heavy (non-hydrogen) atoms. The molecule has 3 rings (SSSR count). The highest BCUT2D eigenvalue weighted by Crippen LogP contribution is 2.27. The van der Waals surface area contributed by atoms with Crippen LogP contribution in [0.25, 0.3) is 0 Å². The Bertz CT molecular complexity index is 1090. The number of benzene rings is 2. The first kappa shape index (κ1) is 23.0. The van der Waals surface area contributed by atoms with Crippen molar-refractivity contribution in [1.29, 1.82) is 0 Å². The largest absolute Gasteiger partial charge is 0.378 e. The summed E-state index contributed by atoms with van der Waals surface area (Å²) in [7, 11) is 0.226. The molecule has 0 bridgehead atoms. The van der Waals surface area contributed by atoms with E-state index in [0.29, 0.717) is 18.4 Å². The summed E-state index contributed by atoms with van der Waals surface area (Å²) in [6.07, 6.45) is 0.901. The van der Waals surface area contributed by atoms with Crippen molar-refractivity contribution in [2.45, 2.75) is 31.6 Å². The van der Waals surface area contributed by atoms with E-state index in [4.69, 9.17) is 0 Å². The van der Waals surface area contributed by atoms with E-state index in [9.17, 15) is 18.0 Å². The van der Waals surface area contributed by atoms with Crippen LogP contribution >= 0.6 is 0 Å². The van der Waals surface area contributed by atoms with Gasteiger partial charge < -0.3 is 10.2 Å². The highest BCUT2D eigenvalue weighted by molar-refractivity contribution is 7.89. The molecule has 1 aliphatic rings. The van der Waals surface area contributed by atoms with Crippen LogP contribution in [0.2, 0.25) is 0 Å². The molecular weight excluding hydrogens is 414 g/mol. The Morgan fingerprint density at radius 1 is 1.06 bits per heavy atom. The van der Waals surface area contributed by atoms with Crippen molar-refractivity contribution in [3.05, 3.63) is 53.6 Å². The second kappa shape index (κ2) is 9.20. The summed E-state index contributed by atoms with van der Waals surface area (Å²) in [6, 6.07) is 12.0. The Kier molecular flexibility index (Phi) is 6.81. The maximum Gasteiger partial charge on any atom is 0.243 e. The van der Waals surface area contributed by atoms with Crippen LogP contribution in [0.1, 0.15) is 35.7 Å². The van der Waals surface area contributed by atoms with Gasteiger partial charge in [0.25, 0.3) is 0 Å². The van der Waals surface area contributed by atoms with Crippen LogP contribution < -0.4 is 10.2 Å². The highest BCUT2D eigenvalue weighted by Gasteiger charge is 2.32.